The van der Waals surface area contributed by atoms with Gasteiger partial charge in [-0.15, -0.1) is 0 Å². The molecule has 0 amide bonds. The van der Waals surface area contributed by atoms with Gasteiger partial charge in [0.2, 0.25) is 0 Å². The van der Waals surface area contributed by atoms with Crippen molar-refractivity contribution in [2.24, 2.45) is 0 Å². The Hall–Kier alpha value is -2.37. The van der Waals surface area contributed by atoms with Gasteiger partial charge in [0, 0.05) is 31.7 Å². The molecule has 0 fully saturated rings. The van der Waals surface area contributed by atoms with Crippen molar-refractivity contribution in [1.82, 2.24) is 14.5 Å². The van der Waals surface area contributed by atoms with Crippen LogP contribution in [0.4, 0.5) is 11.6 Å². The summed E-state index contributed by atoms with van der Waals surface area (Å²) in [6, 6.07) is 3.58. The fourth-order valence-corrected chi connectivity index (χ4v) is 1.54. The fraction of sp³-hybridized carbons (Fsp3) is 0.250. The summed E-state index contributed by atoms with van der Waals surface area (Å²) in [5.74, 6) is 0.820. The Morgan fingerprint density at radius 2 is 2.22 bits per heavy atom. The maximum absolute atomic E-state index is 11.9. The number of rotatable bonds is 4. The molecule has 94 valence electrons. The van der Waals surface area contributed by atoms with E-state index in [-0.39, 0.29) is 5.56 Å². The van der Waals surface area contributed by atoms with E-state index in [1.54, 1.807) is 29.2 Å². The Labute approximate surface area is 105 Å². The molecule has 0 aliphatic rings. The molecule has 0 saturated carbocycles. The van der Waals surface area contributed by atoms with Gasteiger partial charge in [0.15, 0.2) is 5.82 Å². The van der Waals surface area contributed by atoms with E-state index in [0.717, 1.165) is 5.56 Å². The molecule has 0 spiro atoms. The van der Waals surface area contributed by atoms with Gasteiger partial charge in [-0.1, -0.05) is 6.07 Å². The molecule has 2 aromatic rings. The summed E-state index contributed by atoms with van der Waals surface area (Å²) in [5, 5.41) is 3.00. The van der Waals surface area contributed by atoms with Crippen molar-refractivity contribution in [3.8, 4) is 0 Å². The molecule has 0 bridgehead atoms. The van der Waals surface area contributed by atoms with Crippen molar-refractivity contribution in [1.29, 1.82) is 0 Å². The number of pyridine rings is 1. The summed E-state index contributed by atoms with van der Waals surface area (Å²) in [6.45, 7) is 3.03. The first kappa shape index (κ1) is 12.1. The van der Waals surface area contributed by atoms with Gasteiger partial charge in [0.05, 0.1) is 0 Å². The van der Waals surface area contributed by atoms with Gasteiger partial charge in [0.25, 0.3) is 5.56 Å². The van der Waals surface area contributed by atoms with Crippen LogP contribution in [-0.4, -0.2) is 14.5 Å². The largest absolute Gasteiger partial charge is 0.384 e. The van der Waals surface area contributed by atoms with Crippen molar-refractivity contribution in [2.45, 2.75) is 20.0 Å². The molecule has 2 aromatic heterocycles. The van der Waals surface area contributed by atoms with E-state index in [0.29, 0.717) is 24.7 Å². The first-order chi connectivity index (χ1) is 8.70. The molecule has 18 heavy (non-hydrogen) atoms. The number of aromatic nitrogens is 3. The Kier molecular flexibility index (Phi) is 3.57. The highest BCUT2D eigenvalue weighted by Gasteiger charge is 2.03. The molecule has 0 aliphatic carbocycles. The average molecular weight is 245 g/mol. The minimum Gasteiger partial charge on any atom is -0.384 e. The van der Waals surface area contributed by atoms with Crippen LogP contribution in [0.15, 0.2) is 35.5 Å². The summed E-state index contributed by atoms with van der Waals surface area (Å²) in [6.07, 6.45) is 4.94. The lowest BCUT2D eigenvalue weighted by Gasteiger charge is -2.07. The summed E-state index contributed by atoms with van der Waals surface area (Å²) >= 11 is 0. The average Bonchev–Trinajstić information content (AvgIpc) is 2.39. The number of nitrogens with one attached hydrogen (secondary N) is 1. The predicted octanol–water partition coefficient (Wildman–Crippen LogP) is 0.853. The molecular weight excluding hydrogens is 230 g/mol. The summed E-state index contributed by atoms with van der Waals surface area (Å²) in [5.41, 5.74) is 6.32. The van der Waals surface area contributed by atoms with Gasteiger partial charge in [-0.2, -0.15) is 0 Å². The monoisotopic (exact) mass is 245 g/mol. The van der Waals surface area contributed by atoms with E-state index in [4.69, 9.17) is 5.73 Å². The number of nitrogen functional groups attached to an aromatic ring is 1. The molecule has 0 saturated heterocycles. The number of hydrogen-bond donors (Lipinski definition) is 2. The summed E-state index contributed by atoms with van der Waals surface area (Å²) in [7, 11) is 0. The highest BCUT2D eigenvalue weighted by molar-refractivity contribution is 5.34. The van der Waals surface area contributed by atoms with Crippen molar-refractivity contribution >= 4 is 11.6 Å². The zero-order valence-corrected chi connectivity index (χ0v) is 10.1. The van der Waals surface area contributed by atoms with Crippen LogP contribution >= 0.6 is 0 Å². The quantitative estimate of drug-likeness (QED) is 0.834. The molecule has 0 atom stereocenters. The molecule has 6 nitrogen and oxygen atoms in total. The van der Waals surface area contributed by atoms with E-state index in [1.165, 1.54) is 0 Å². The third-order valence-electron chi connectivity index (χ3n) is 2.56. The number of nitrogens with two attached hydrogens (primary N) is 1. The summed E-state index contributed by atoms with van der Waals surface area (Å²) < 4.78 is 1.59. The number of hydrogen-bond acceptors (Lipinski definition) is 5. The second-order valence-corrected chi connectivity index (χ2v) is 3.81. The van der Waals surface area contributed by atoms with Crippen LogP contribution in [-0.2, 0) is 13.1 Å². The van der Waals surface area contributed by atoms with Crippen LogP contribution in [0, 0.1) is 0 Å². The van der Waals surface area contributed by atoms with Crippen molar-refractivity contribution in [2.75, 3.05) is 11.1 Å². The van der Waals surface area contributed by atoms with Crippen molar-refractivity contribution < 1.29 is 0 Å². The van der Waals surface area contributed by atoms with Crippen LogP contribution in [0.1, 0.15) is 12.5 Å². The third kappa shape index (κ3) is 2.65. The lowest BCUT2D eigenvalue weighted by atomic mass is 10.3. The zero-order valence-electron chi connectivity index (χ0n) is 10.1. The SMILES string of the molecule is CCn1ccnc(NCc2ccc(N)nc2)c1=O. The molecule has 6 heteroatoms. The lowest BCUT2D eigenvalue weighted by Crippen LogP contribution is -2.23. The van der Waals surface area contributed by atoms with Gasteiger partial charge >= 0.3 is 0 Å². The molecule has 0 radical (unpaired) electrons. The molecule has 0 unspecified atom stereocenters. The van der Waals surface area contributed by atoms with E-state index in [9.17, 15) is 4.79 Å². The van der Waals surface area contributed by atoms with Crippen molar-refractivity contribution in [3.05, 3.63) is 46.6 Å². The van der Waals surface area contributed by atoms with Crippen LogP contribution in [0.2, 0.25) is 0 Å². The second kappa shape index (κ2) is 5.31. The maximum Gasteiger partial charge on any atom is 0.293 e. The number of nitrogens with zero attached hydrogens (tertiary/aromatic N) is 3. The highest BCUT2D eigenvalue weighted by Crippen LogP contribution is 2.03. The topological polar surface area (TPSA) is 85.8 Å². The molecule has 0 aromatic carbocycles. The van der Waals surface area contributed by atoms with Crippen LogP contribution in [0.25, 0.3) is 0 Å². The first-order valence-electron chi connectivity index (χ1n) is 5.70. The van der Waals surface area contributed by atoms with E-state index < -0.39 is 0 Å². The highest BCUT2D eigenvalue weighted by atomic mass is 16.1. The third-order valence-corrected chi connectivity index (χ3v) is 2.56. The minimum absolute atomic E-state index is 0.122. The zero-order chi connectivity index (χ0) is 13.0. The summed E-state index contributed by atoms with van der Waals surface area (Å²) in [4.78, 5) is 19.9. The van der Waals surface area contributed by atoms with Crippen LogP contribution in [0.5, 0.6) is 0 Å². The second-order valence-electron chi connectivity index (χ2n) is 3.81. The number of aryl methyl sites for hydroxylation is 1. The van der Waals surface area contributed by atoms with Crippen LogP contribution in [0.3, 0.4) is 0 Å². The molecule has 3 N–H and O–H groups in total. The Balaban J connectivity index is 2.11. The van der Waals surface area contributed by atoms with Gasteiger partial charge in [-0.25, -0.2) is 9.97 Å². The Morgan fingerprint density at radius 1 is 1.39 bits per heavy atom. The first-order valence-corrected chi connectivity index (χ1v) is 5.70. The van der Waals surface area contributed by atoms with Gasteiger partial charge < -0.3 is 15.6 Å². The maximum atomic E-state index is 11.9. The Bertz CT molecular complexity index is 576. The molecule has 0 aliphatic heterocycles. The van der Waals surface area contributed by atoms with Gasteiger partial charge in [0.1, 0.15) is 5.82 Å². The molecule has 2 heterocycles. The number of anilines is 2. The lowest BCUT2D eigenvalue weighted by molar-refractivity contribution is 0.718. The van der Waals surface area contributed by atoms with E-state index in [1.807, 2.05) is 13.0 Å². The normalized spacial score (nSPS) is 10.3. The fourth-order valence-electron chi connectivity index (χ4n) is 1.54. The van der Waals surface area contributed by atoms with Crippen molar-refractivity contribution in [3.63, 3.8) is 0 Å². The smallest absolute Gasteiger partial charge is 0.293 e. The minimum atomic E-state index is -0.122. The van der Waals surface area contributed by atoms with E-state index >= 15 is 0 Å². The Morgan fingerprint density at radius 3 is 2.89 bits per heavy atom. The van der Waals surface area contributed by atoms with Gasteiger partial charge in [-0.3, -0.25) is 4.79 Å². The van der Waals surface area contributed by atoms with Crippen LogP contribution < -0.4 is 16.6 Å². The molecule has 2 rings (SSSR count). The van der Waals surface area contributed by atoms with Gasteiger partial charge in [-0.05, 0) is 18.6 Å². The van der Waals surface area contributed by atoms with E-state index in [2.05, 4.69) is 15.3 Å². The predicted molar refractivity (Wildman–Crippen MR) is 70.1 cm³/mol. The molecular formula is C12H15N5O. The standard InChI is InChI=1S/C12H15N5O/c1-2-17-6-5-14-11(12(17)18)16-8-9-3-4-10(13)15-7-9/h3-7H,2,8H2,1H3,(H2,13,15)(H,14,16).